The molecule has 0 radical (unpaired) electrons. The molecule has 1 heterocycles. The number of nitrogens with two attached hydrogens (primary N) is 1. The molecule has 20 heavy (non-hydrogen) atoms. The molecule has 1 aromatic rings. The number of nitrogens with one attached hydrogen (secondary N) is 1. The molecular formula is C13H24N4O3. The van der Waals surface area contributed by atoms with Crippen molar-refractivity contribution in [3.63, 3.8) is 0 Å². The molecule has 0 aliphatic carbocycles. The maximum absolute atomic E-state index is 12.0. The fourth-order valence-electron chi connectivity index (χ4n) is 2.15. The van der Waals surface area contributed by atoms with Crippen LogP contribution in [0, 0.1) is 0 Å². The molecule has 0 aliphatic heterocycles. The van der Waals surface area contributed by atoms with Crippen molar-refractivity contribution in [2.45, 2.75) is 39.7 Å². The van der Waals surface area contributed by atoms with E-state index in [9.17, 15) is 9.59 Å². The summed E-state index contributed by atoms with van der Waals surface area (Å²) in [5.41, 5.74) is 5.30. The average molecular weight is 284 g/mol. The number of anilines is 2. The average Bonchev–Trinajstić information content (AvgIpc) is 2.38. The number of unbranched alkanes of at least 4 members (excludes halogenated alkanes) is 1. The van der Waals surface area contributed by atoms with E-state index in [1.807, 2.05) is 13.8 Å². The number of rotatable bonds is 8. The van der Waals surface area contributed by atoms with Crippen molar-refractivity contribution in [1.82, 2.24) is 9.55 Å². The lowest BCUT2D eigenvalue weighted by Gasteiger charge is -2.24. The second-order valence-electron chi connectivity index (χ2n) is 4.71. The maximum atomic E-state index is 12.0. The standard InChI is InChI=1S/C13H24N4O3/c1-3-5-7-17-11(14)10(12(19)15-13(17)20)16(6-4-2)8-9-18/h18H,3-9,14H2,1-2H3,(H,15,19,20). The maximum Gasteiger partial charge on any atom is 0.330 e. The van der Waals surface area contributed by atoms with Gasteiger partial charge < -0.3 is 15.7 Å². The molecule has 4 N–H and O–H groups in total. The first-order valence-corrected chi connectivity index (χ1v) is 7.05. The summed E-state index contributed by atoms with van der Waals surface area (Å²) in [4.78, 5) is 27.8. The van der Waals surface area contributed by atoms with Crippen molar-refractivity contribution in [2.24, 2.45) is 0 Å². The molecule has 0 aliphatic rings. The smallest absolute Gasteiger partial charge is 0.330 e. The van der Waals surface area contributed by atoms with E-state index >= 15 is 0 Å². The molecular weight excluding hydrogens is 260 g/mol. The Bertz CT molecular complexity index is 529. The second kappa shape index (κ2) is 7.74. The Kier molecular flexibility index (Phi) is 6.30. The summed E-state index contributed by atoms with van der Waals surface area (Å²) < 4.78 is 1.39. The van der Waals surface area contributed by atoms with Gasteiger partial charge in [-0.1, -0.05) is 20.3 Å². The summed E-state index contributed by atoms with van der Waals surface area (Å²) in [5, 5.41) is 9.11. The largest absolute Gasteiger partial charge is 0.395 e. The molecule has 0 amide bonds. The van der Waals surface area contributed by atoms with E-state index < -0.39 is 11.2 Å². The molecule has 0 aromatic carbocycles. The molecule has 7 nitrogen and oxygen atoms in total. The number of aromatic nitrogens is 2. The molecule has 0 atom stereocenters. The van der Waals surface area contributed by atoms with Crippen LogP contribution in [-0.4, -0.2) is 34.4 Å². The van der Waals surface area contributed by atoms with Gasteiger partial charge in [-0.15, -0.1) is 0 Å². The van der Waals surface area contributed by atoms with Crippen LogP contribution >= 0.6 is 0 Å². The summed E-state index contributed by atoms with van der Waals surface area (Å²) in [6, 6.07) is 0. The molecule has 0 spiro atoms. The van der Waals surface area contributed by atoms with Gasteiger partial charge in [-0.05, 0) is 12.8 Å². The highest BCUT2D eigenvalue weighted by Crippen LogP contribution is 2.16. The van der Waals surface area contributed by atoms with Crippen molar-refractivity contribution in [3.05, 3.63) is 20.8 Å². The van der Waals surface area contributed by atoms with Gasteiger partial charge in [0.05, 0.1) is 6.61 Å². The van der Waals surface area contributed by atoms with Gasteiger partial charge in [0.1, 0.15) is 11.5 Å². The van der Waals surface area contributed by atoms with E-state index in [4.69, 9.17) is 10.8 Å². The van der Waals surface area contributed by atoms with Crippen LogP contribution in [0.2, 0.25) is 0 Å². The molecule has 0 fully saturated rings. The Morgan fingerprint density at radius 2 is 1.95 bits per heavy atom. The zero-order valence-corrected chi connectivity index (χ0v) is 12.2. The van der Waals surface area contributed by atoms with Gasteiger partial charge in [-0.25, -0.2) is 4.79 Å². The zero-order valence-electron chi connectivity index (χ0n) is 12.2. The van der Waals surface area contributed by atoms with Crippen LogP contribution in [0.4, 0.5) is 11.5 Å². The van der Waals surface area contributed by atoms with Crippen molar-refractivity contribution in [2.75, 3.05) is 30.3 Å². The van der Waals surface area contributed by atoms with Crippen molar-refractivity contribution in [1.29, 1.82) is 0 Å². The fourth-order valence-corrected chi connectivity index (χ4v) is 2.15. The van der Waals surface area contributed by atoms with Gasteiger partial charge in [-0.3, -0.25) is 14.3 Å². The third-order valence-corrected chi connectivity index (χ3v) is 3.13. The van der Waals surface area contributed by atoms with Crippen LogP contribution in [0.1, 0.15) is 33.1 Å². The quantitative estimate of drug-likeness (QED) is 0.629. The van der Waals surface area contributed by atoms with Gasteiger partial charge in [0.2, 0.25) is 0 Å². The lowest BCUT2D eigenvalue weighted by Crippen LogP contribution is -2.39. The van der Waals surface area contributed by atoms with E-state index in [-0.39, 0.29) is 18.1 Å². The van der Waals surface area contributed by atoms with Crippen molar-refractivity contribution >= 4 is 11.5 Å². The van der Waals surface area contributed by atoms with Gasteiger partial charge >= 0.3 is 5.69 Å². The summed E-state index contributed by atoms with van der Waals surface area (Å²) in [6.07, 6.45) is 2.55. The Balaban J connectivity index is 3.30. The topological polar surface area (TPSA) is 104 Å². The minimum absolute atomic E-state index is 0.0764. The van der Waals surface area contributed by atoms with Crippen LogP contribution in [0.3, 0.4) is 0 Å². The predicted octanol–water partition coefficient (Wildman–Crippen LogP) is 0.128. The SMILES string of the molecule is CCCCn1c(N)c(N(CCC)CCO)c(=O)[nH]c1=O. The minimum Gasteiger partial charge on any atom is -0.395 e. The lowest BCUT2D eigenvalue weighted by molar-refractivity contribution is 0.301. The number of H-pyrrole nitrogens is 1. The molecule has 1 rings (SSSR count). The Labute approximate surface area is 118 Å². The van der Waals surface area contributed by atoms with Crippen molar-refractivity contribution < 1.29 is 5.11 Å². The highest BCUT2D eigenvalue weighted by Gasteiger charge is 2.17. The number of aromatic amines is 1. The van der Waals surface area contributed by atoms with Crippen LogP contribution in [0.5, 0.6) is 0 Å². The molecule has 0 saturated carbocycles. The van der Waals surface area contributed by atoms with Crippen LogP contribution in [0.15, 0.2) is 9.59 Å². The predicted molar refractivity (Wildman–Crippen MR) is 80.2 cm³/mol. The monoisotopic (exact) mass is 284 g/mol. The molecule has 114 valence electrons. The van der Waals surface area contributed by atoms with Gasteiger partial charge in [0.15, 0.2) is 0 Å². The number of aliphatic hydroxyl groups excluding tert-OH is 1. The van der Waals surface area contributed by atoms with E-state index in [2.05, 4.69) is 4.98 Å². The third-order valence-electron chi connectivity index (χ3n) is 3.13. The van der Waals surface area contributed by atoms with Crippen LogP contribution in [-0.2, 0) is 6.54 Å². The number of aliphatic hydroxyl groups is 1. The Morgan fingerprint density at radius 1 is 1.25 bits per heavy atom. The number of hydrogen-bond acceptors (Lipinski definition) is 5. The minimum atomic E-state index is -0.498. The van der Waals surface area contributed by atoms with Crippen LogP contribution in [0.25, 0.3) is 0 Å². The molecule has 0 bridgehead atoms. The summed E-state index contributed by atoms with van der Waals surface area (Å²) in [5.74, 6) is 0.175. The lowest BCUT2D eigenvalue weighted by atomic mass is 10.3. The normalized spacial score (nSPS) is 10.8. The fraction of sp³-hybridized carbons (Fsp3) is 0.692. The van der Waals surface area contributed by atoms with Crippen LogP contribution < -0.4 is 21.9 Å². The highest BCUT2D eigenvalue weighted by molar-refractivity contribution is 5.62. The zero-order chi connectivity index (χ0) is 15.1. The van der Waals surface area contributed by atoms with Gasteiger partial charge in [0, 0.05) is 19.6 Å². The van der Waals surface area contributed by atoms with Crippen molar-refractivity contribution in [3.8, 4) is 0 Å². The first-order chi connectivity index (χ1) is 9.56. The van der Waals surface area contributed by atoms with Gasteiger partial charge in [-0.2, -0.15) is 0 Å². The highest BCUT2D eigenvalue weighted by atomic mass is 16.3. The molecule has 7 heteroatoms. The molecule has 0 saturated heterocycles. The molecule has 1 aromatic heterocycles. The Hall–Kier alpha value is -1.76. The Morgan fingerprint density at radius 3 is 2.50 bits per heavy atom. The summed E-state index contributed by atoms with van der Waals surface area (Å²) >= 11 is 0. The molecule has 0 unspecified atom stereocenters. The van der Waals surface area contributed by atoms with E-state index in [0.717, 1.165) is 19.3 Å². The number of nitrogens with zero attached hydrogens (tertiary/aromatic N) is 2. The van der Waals surface area contributed by atoms with E-state index in [0.29, 0.717) is 19.6 Å². The second-order valence-corrected chi connectivity index (χ2v) is 4.71. The number of nitrogen functional groups attached to an aromatic ring is 1. The first-order valence-electron chi connectivity index (χ1n) is 7.05. The van der Waals surface area contributed by atoms with E-state index in [1.54, 1.807) is 4.90 Å². The summed E-state index contributed by atoms with van der Waals surface area (Å²) in [7, 11) is 0. The number of hydrogen-bond donors (Lipinski definition) is 3. The third kappa shape index (κ3) is 3.63. The first kappa shape index (κ1) is 16.3. The van der Waals surface area contributed by atoms with E-state index in [1.165, 1.54) is 4.57 Å². The van der Waals surface area contributed by atoms with Gasteiger partial charge in [0.25, 0.3) is 5.56 Å². The summed E-state index contributed by atoms with van der Waals surface area (Å²) in [6.45, 7) is 5.30.